The molecule has 0 radical (unpaired) electrons. The predicted octanol–water partition coefficient (Wildman–Crippen LogP) is 3.91. The van der Waals surface area contributed by atoms with Crippen LogP contribution in [0.2, 0.25) is 0 Å². The number of thiophene rings is 1. The second-order valence-corrected chi connectivity index (χ2v) is 5.65. The lowest BCUT2D eigenvalue weighted by atomic mass is 10.2. The molecule has 1 rings (SSSR count). The summed E-state index contributed by atoms with van der Waals surface area (Å²) in [5, 5.41) is 7.95. The molecular weight excluding hydrogens is 278 g/mol. The smallest absolute Gasteiger partial charge is 0.0431 e. The van der Waals surface area contributed by atoms with Crippen molar-refractivity contribution in [3.8, 4) is 0 Å². The lowest BCUT2D eigenvalue weighted by molar-refractivity contribution is 0.577. The Hall–Kier alpha value is 0.490. The SMILES string of the molecule is CCCNC(CSC)c1cscc1Br. The Balaban J connectivity index is 2.62. The van der Waals surface area contributed by atoms with Crippen molar-refractivity contribution in [2.75, 3.05) is 18.6 Å². The highest BCUT2D eigenvalue weighted by molar-refractivity contribution is 9.10. The Bertz CT molecular complexity index is 262. The van der Waals surface area contributed by atoms with Gasteiger partial charge in [-0.3, -0.25) is 0 Å². The summed E-state index contributed by atoms with van der Waals surface area (Å²) in [4.78, 5) is 0. The monoisotopic (exact) mass is 293 g/mol. The molecular formula is C10H16BrNS2. The topological polar surface area (TPSA) is 12.0 Å². The van der Waals surface area contributed by atoms with Gasteiger partial charge in [0.05, 0.1) is 0 Å². The average molecular weight is 294 g/mol. The first-order valence-electron chi connectivity index (χ1n) is 4.73. The Morgan fingerprint density at radius 1 is 1.57 bits per heavy atom. The lowest BCUT2D eigenvalue weighted by Crippen LogP contribution is -2.23. The quantitative estimate of drug-likeness (QED) is 0.853. The molecule has 0 saturated carbocycles. The van der Waals surface area contributed by atoms with Crippen molar-refractivity contribution < 1.29 is 0 Å². The lowest BCUT2D eigenvalue weighted by Gasteiger charge is -2.16. The zero-order valence-corrected chi connectivity index (χ0v) is 11.8. The van der Waals surface area contributed by atoms with E-state index in [1.54, 1.807) is 11.3 Å². The summed E-state index contributed by atoms with van der Waals surface area (Å²) >= 11 is 7.24. The molecule has 0 bridgehead atoms. The van der Waals surface area contributed by atoms with E-state index in [2.05, 4.69) is 45.2 Å². The second-order valence-electron chi connectivity index (χ2n) is 3.14. The summed E-state index contributed by atoms with van der Waals surface area (Å²) in [6.07, 6.45) is 3.34. The van der Waals surface area contributed by atoms with Crippen LogP contribution in [-0.2, 0) is 0 Å². The first-order chi connectivity index (χ1) is 6.79. The summed E-state index contributed by atoms with van der Waals surface area (Å²) in [5.41, 5.74) is 1.40. The highest BCUT2D eigenvalue weighted by Crippen LogP contribution is 2.28. The minimum atomic E-state index is 0.491. The molecule has 1 heterocycles. The largest absolute Gasteiger partial charge is 0.309 e. The van der Waals surface area contributed by atoms with Crippen LogP contribution in [0.3, 0.4) is 0 Å². The number of rotatable bonds is 6. The van der Waals surface area contributed by atoms with Crippen molar-refractivity contribution in [1.82, 2.24) is 5.32 Å². The maximum absolute atomic E-state index is 3.59. The molecule has 1 atom stereocenters. The zero-order chi connectivity index (χ0) is 10.4. The molecule has 0 aliphatic rings. The fourth-order valence-corrected chi connectivity index (χ4v) is 3.54. The van der Waals surface area contributed by atoms with Crippen molar-refractivity contribution in [3.63, 3.8) is 0 Å². The van der Waals surface area contributed by atoms with Gasteiger partial charge in [-0.15, -0.1) is 0 Å². The Kier molecular flexibility index (Phi) is 6.17. The second kappa shape index (κ2) is 6.88. The number of hydrogen-bond acceptors (Lipinski definition) is 3. The molecule has 1 N–H and O–H groups in total. The first kappa shape index (κ1) is 12.6. The molecule has 1 aromatic heterocycles. The standard InChI is InChI=1S/C10H16BrNS2/c1-3-4-12-10(7-13-2)8-5-14-6-9(8)11/h5-6,10,12H,3-4,7H2,1-2H3. The third-order valence-corrected chi connectivity index (χ3v) is 4.41. The van der Waals surface area contributed by atoms with Crippen molar-refractivity contribution in [3.05, 3.63) is 20.8 Å². The van der Waals surface area contributed by atoms with Gasteiger partial charge in [-0.05, 0) is 46.1 Å². The van der Waals surface area contributed by atoms with Gasteiger partial charge < -0.3 is 5.32 Å². The van der Waals surface area contributed by atoms with E-state index in [9.17, 15) is 0 Å². The fraction of sp³-hybridized carbons (Fsp3) is 0.600. The Labute approximate surface area is 103 Å². The van der Waals surface area contributed by atoms with E-state index in [1.165, 1.54) is 16.5 Å². The van der Waals surface area contributed by atoms with Crippen LogP contribution in [0.4, 0.5) is 0 Å². The average Bonchev–Trinajstić information content (AvgIpc) is 2.59. The summed E-state index contributed by atoms with van der Waals surface area (Å²) < 4.78 is 1.24. The van der Waals surface area contributed by atoms with Gasteiger partial charge in [-0.1, -0.05) is 6.92 Å². The van der Waals surface area contributed by atoms with Gasteiger partial charge in [0, 0.05) is 21.6 Å². The van der Waals surface area contributed by atoms with E-state index in [0.717, 1.165) is 12.3 Å². The Morgan fingerprint density at radius 2 is 2.36 bits per heavy atom. The molecule has 0 aliphatic carbocycles. The van der Waals surface area contributed by atoms with E-state index in [-0.39, 0.29) is 0 Å². The first-order valence-corrected chi connectivity index (χ1v) is 7.86. The van der Waals surface area contributed by atoms with Crippen LogP contribution in [-0.4, -0.2) is 18.6 Å². The zero-order valence-electron chi connectivity index (χ0n) is 8.55. The van der Waals surface area contributed by atoms with Gasteiger partial charge in [0.1, 0.15) is 0 Å². The van der Waals surface area contributed by atoms with Gasteiger partial charge in [-0.25, -0.2) is 0 Å². The molecule has 0 spiro atoms. The highest BCUT2D eigenvalue weighted by atomic mass is 79.9. The van der Waals surface area contributed by atoms with E-state index in [0.29, 0.717) is 6.04 Å². The van der Waals surface area contributed by atoms with Crippen molar-refractivity contribution in [1.29, 1.82) is 0 Å². The minimum Gasteiger partial charge on any atom is -0.309 e. The number of thioether (sulfide) groups is 1. The predicted molar refractivity (Wildman–Crippen MR) is 71.4 cm³/mol. The number of halogens is 1. The molecule has 0 saturated heterocycles. The van der Waals surface area contributed by atoms with Gasteiger partial charge in [0.15, 0.2) is 0 Å². The summed E-state index contributed by atoms with van der Waals surface area (Å²) in [7, 11) is 0. The summed E-state index contributed by atoms with van der Waals surface area (Å²) in [5.74, 6) is 1.13. The molecule has 80 valence electrons. The van der Waals surface area contributed by atoms with Crippen molar-refractivity contribution in [2.24, 2.45) is 0 Å². The number of hydrogen-bond donors (Lipinski definition) is 1. The molecule has 0 aliphatic heterocycles. The van der Waals surface area contributed by atoms with Crippen LogP contribution in [0.25, 0.3) is 0 Å². The third kappa shape index (κ3) is 3.57. The molecule has 0 aromatic carbocycles. The molecule has 1 aromatic rings. The summed E-state index contributed by atoms with van der Waals surface area (Å²) in [6.45, 7) is 3.29. The van der Waals surface area contributed by atoms with Crippen molar-refractivity contribution in [2.45, 2.75) is 19.4 Å². The molecule has 0 fully saturated rings. The molecule has 4 heteroatoms. The molecule has 1 nitrogen and oxygen atoms in total. The fourth-order valence-electron chi connectivity index (χ4n) is 1.28. The Morgan fingerprint density at radius 3 is 2.86 bits per heavy atom. The third-order valence-electron chi connectivity index (χ3n) is 1.99. The molecule has 14 heavy (non-hydrogen) atoms. The molecule has 0 amide bonds. The van der Waals surface area contributed by atoms with Crippen molar-refractivity contribution >= 4 is 39.0 Å². The van der Waals surface area contributed by atoms with Crippen LogP contribution in [0.15, 0.2) is 15.2 Å². The van der Waals surface area contributed by atoms with Crippen LogP contribution >= 0.6 is 39.0 Å². The highest BCUT2D eigenvalue weighted by Gasteiger charge is 2.13. The van der Waals surface area contributed by atoms with Crippen LogP contribution in [0.1, 0.15) is 24.9 Å². The van der Waals surface area contributed by atoms with E-state index < -0.39 is 0 Å². The van der Waals surface area contributed by atoms with Gasteiger partial charge in [0.25, 0.3) is 0 Å². The minimum absolute atomic E-state index is 0.491. The van der Waals surface area contributed by atoms with Gasteiger partial charge >= 0.3 is 0 Å². The van der Waals surface area contributed by atoms with Gasteiger partial charge in [0.2, 0.25) is 0 Å². The van der Waals surface area contributed by atoms with E-state index in [1.807, 2.05) is 11.8 Å². The van der Waals surface area contributed by atoms with E-state index >= 15 is 0 Å². The van der Waals surface area contributed by atoms with Crippen LogP contribution in [0, 0.1) is 0 Å². The normalized spacial score (nSPS) is 13.1. The van der Waals surface area contributed by atoms with Gasteiger partial charge in [-0.2, -0.15) is 23.1 Å². The number of nitrogens with one attached hydrogen (secondary N) is 1. The molecule has 1 unspecified atom stereocenters. The van der Waals surface area contributed by atoms with E-state index in [4.69, 9.17) is 0 Å². The maximum Gasteiger partial charge on any atom is 0.0431 e. The summed E-state index contributed by atoms with van der Waals surface area (Å²) in [6, 6.07) is 0.491. The maximum atomic E-state index is 3.59. The van der Waals surface area contributed by atoms with Crippen LogP contribution in [0.5, 0.6) is 0 Å². The van der Waals surface area contributed by atoms with Crippen LogP contribution < -0.4 is 5.32 Å².